The summed E-state index contributed by atoms with van der Waals surface area (Å²) in [6.45, 7) is 6.73. The number of phenols is 1. The SMILES string of the molecule is CC(C)(C)c1c(-c2ccccc2)cc(O)c(-c2ccccc2)c1-c1ccccc1.OP(O)O. The van der Waals surface area contributed by atoms with Gasteiger partial charge in [0, 0.05) is 5.56 Å². The van der Waals surface area contributed by atoms with Crippen molar-refractivity contribution in [3.8, 4) is 39.1 Å². The minimum atomic E-state index is -2.62. The number of hydrogen-bond acceptors (Lipinski definition) is 4. The summed E-state index contributed by atoms with van der Waals surface area (Å²) in [7, 11) is -2.62. The van der Waals surface area contributed by atoms with E-state index < -0.39 is 8.60 Å². The summed E-state index contributed by atoms with van der Waals surface area (Å²) in [6, 6.07) is 32.9. The second kappa shape index (κ2) is 10.7. The van der Waals surface area contributed by atoms with Gasteiger partial charge in [-0.25, -0.2) is 0 Å². The number of aromatic hydroxyl groups is 1. The Morgan fingerprint density at radius 1 is 0.576 bits per heavy atom. The Morgan fingerprint density at radius 2 is 0.939 bits per heavy atom. The zero-order valence-electron chi connectivity index (χ0n) is 19.0. The van der Waals surface area contributed by atoms with Crippen LogP contribution in [0.25, 0.3) is 33.4 Å². The van der Waals surface area contributed by atoms with Gasteiger partial charge in [0.1, 0.15) is 5.75 Å². The van der Waals surface area contributed by atoms with Crippen LogP contribution in [-0.2, 0) is 5.41 Å². The van der Waals surface area contributed by atoms with E-state index >= 15 is 0 Å². The van der Waals surface area contributed by atoms with Crippen molar-refractivity contribution in [1.82, 2.24) is 0 Å². The average molecular weight is 461 g/mol. The summed E-state index contributed by atoms with van der Waals surface area (Å²) in [5.41, 5.74) is 7.45. The van der Waals surface area contributed by atoms with Crippen molar-refractivity contribution in [3.05, 3.63) is 103 Å². The Hall–Kier alpha value is -3.01. The third kappa shape index (κ3) is 6.07. The van der Waals surface area contributed by atoms with Crippen LogP contribution in [0.1, 0.15) is 26.3 Å². The maximum absolute atomic E-state index is 11.2. The molecule has 4 N–H and O–H groups in total. The second-order valence-corrected chi connectivity index (χ2v) is 9.22. The fraction of sp³-hybridized carbons (Fsp3) is 0.143. The molecule has 33 heavy (non-hydrogen) atoms. The third-order valence-electron chi connectivity index (χ3n) is 5.27. The molecule has 0 aromatic heterocycles. The van der Waals surface area contributed by atoms with Crippen LogP contribution in [0.5, 0.6) is 5.75 Å². The van der Waals surface area contributed by atoms with E-state index in [-0.39, 0.29) is 5.41 Å². The average Bonchev–Trinajstić information content (AvgIpc) is 2.79. The highest BCUT2D eigenvalue weighted by Crippen LogP contribution is 2.49. The van der Waals surface area contributed by atoms with Crippen molar-refractivity contribution in [2.45, 2.75) is 26.2 Å². The van der Waals surface area contributed by atoms with Gasteiger partial charge in [0.05, 0.1) is 0 Å². The van der Waals surface area contributed by atoms with Crippen LogP contribution in [0.2, 0.25) is 0 Å². The van der Waals surface area contributed by atoms with Crippen LogP contribution in [0.4, 0.5) is 0 Å². The molecule has 5 heteroatoms. The third-order valence-corrected chi connectivity index (χ3v) is 5.27. The molecular weight excluding hydrogens is 431 g/mol. The molecule has 0 amide bonds. The van der Waals surface area contributed by atoms with E-state index in [2.05, 4.69) is 69.3 Å². The predicted octanol–water partition coefficient (Wildman–Crippen LogP) is 6.88. The van der Waals surface area contributed by atoms with Crippen LogP contribution < -0.4 is 0 Å². The van der Waals surface area contributed by atoms with Gasteiger partial charge in [-0.2, -0.15) is 0 Å². The molecule has 4 aromatic carbocycles. The Bertz CT molecular complexity index is 1170. The summed E-state index contributed by atoms with van der Waals surface area (Å²) in [4.78, 5) is 21.7. The lowest BCUT2D eigenvalue weighted by molar-refractivity contribution is 0.368. The van der Waals surface area contributed by atoms with Gasteiger partial charge in [0.25, 0.3) is 0 Å². The molecule has 0 aliphatic rings. The van der Waals surface area contributed by atoms with E-state index in [0.717, 1.165) is 33.4 Å². The molecule has 0 aliphatic carbocycles. The van der Waals surface area contributed by atoms with Crippen molar-refractivity contribution in [2.24, 2.45) is 0 Å². The summed E-state index contributed by atoms with van der Waals surface area (Å²) < 4.78 is 0. The first-order valence-corrected chi connectivity index (χ1v) is 11.8. The van der Waals surface area contributed by atoms with Crippen molar-refractivity contribution >= 4 is 8.60 Å². The Labute approximate surface area is 196 Å². The van der Waals surface area contributed by atoms with Crippen LogP contribution in [0, 0.1) is 0 Å². The zero-order chi connectivity index (χ0) is 24.0. The molecule has 4 nitrogen and oxygen atoms in total. The number of rotatable bonds is 3. The first kappa shape index (κ1) is 24.6. The largest absolute Gasteiger partial charge is 0.507 e. The molecule has 0 radical (unpaired) electrons. The van der Waals surface area contributed by atoms with Gasteiger partial charge >= 0.3 is 8.60 Å². The second-order valence-electron chi connectivity index (χ2n) is 8.68. The van der Waals surface area contributed by atoms with Crippen LogP contribution in [0.15, 0.2) is 97.1 Å². The van der Waals surface area contributed by atoms with Gasteiger partial charge < -0.3 is 19.8 Å². The monoisotopic (exact) mass is 460 g/mol. The highest BCUT2D eigenvalue weighted by molar-refractivity contribution is 7.38. The Morgan fingerprint density at radius 3 is 1.33 bits per heavy atom. The summed E-state index contributed by atoms with van der Waals surface area (Å²) in [6.07, 6.45) is 0. The fourth-order valence-electron chi connectivity index (χ4n) is 4.08. The van der Waals surface area contributed by atoms with Crippen LogP contribution in [0.3, 0.4) is 0 Å². The summed E-state index contributed by atoms with van der Waals surface area (Å²) in [5, 5.41) is 11.2. The fourth-order valence-corrected chi connectivity index (χ4v) is 4.08. The first-order chi connectivity index (χ1) is 15.7. The van der Waals surface area contributed by atoms with Gasteiger partial charge in [-0.3, -0.25) is 0 Å². The highest BCUT2D eigenvalue weighted by atomic mass is 31.2. The quantitative estimate of drug-likeness (QED) is 0.251. The molecule has 0 atom stereocenters. The lowest BCUT2D eigenvalue weighted by Crippen LogP contribution is -2.15. The molecular formula is C28H29O4P. The normalized spacial score (nSPS) is 11.1. The zero-order valence-corrected chi connectivity index (χ0v) is 19.9. The van der Waals surface area contributed by atoms with E-state index in [1.54, 1.807) is 0 Å². The van der Waals surface area contributed by atoms with Gasteiger partial charge in [-0.1, -0.05) is 112 Å². The minimum absolute atomic E-state index is 0.117. The van der Waals surface area contributed by atoms with Crippen molar-refractivity contribution in [2.75, 3.05) is 0 Å². The molecule has 4 aromatic rings. The molecule has 0 unspecified atom stereocenters. The molecule has 0 spiro atoms. The van der Waals surface area contributed by atoms with Crippen molar-refractivity contribution in [3.63, 3.8) is 0 Å². The van der Waals surface area contributed by atoms with E-state index in [4.69, 9.17) is 14.7 Å². The smallest absolute Gasteiger partial charge is 0.324 e. The van der Waals surface area contributed by atoms with Gasteiger partial charge in [-0.15, -0.1) is 0 Å². The number of hydrogen-bond donors (Lipinski definition) is 4. The van der Waals surface area contributed by atoms with Crippen LogP contribution in [-0.4, -0.2) is 19.8 Å². The van der Waals surface area contributed by atoms with Crippen molar-refractivity contribution < 1.29 is 19.8 Å². The van der Waals surface area contributed by atoms with Gasteiger partial charge in [0.2, 0.25) is 0 Å². The minimum Gasteiger partial charge on any atom is -0.507 e. The topological polar surface area (TPSA) is 80.9 Å². The maximum Gasteiger partial charge on any atom is 0.324 e. The van der Waals surface area contributed by atoms with Gasteiger partial charge in [-0.05, 0) is 44.9 Å². The molecule has 0 heterocycles. The summed E-state index contributed by atoms with van der Waals surface area (Å²) in [5.74, 6) is 0.307. The van der Waals surface area contributed by atoms with Crippen molar-refractivity contribution in [1.29, 1.82) is 0 Å². The molecule has 0 aliphatic heterocycles. The molecule has 4 rings (SSSR count). The van der Waals surface area contributed by atoms with E-state index in [1.807, 2.05) is 48.5 Å². The number of benzene rings is 4. The first-order valence-electron chi connectivity index (χ1n) is 10.6. The molecule has 0 saturated heterocycles. The Kier molecular flexibility index (Phi) is 8.01. The number of phenolic OH excluding ortho intramolecular Hbond substituents is 1. The van der Waals surface area contributed by atoms with Gasteiger partial charge in [0.15, 0.2) is 0 Å². The highest BCUT2D eigenvalue weighted by Gasteiger charge is 2.28. The maximum atomic E-state index is 11.2. The lowest BCUT2D eigenvalue weighted by atomic mass is 9.74. The van der Waals surface area contributed by atoms with E-state index in [0.29, 0.717) is 5.75 Å². The molecule has 0 bridgehead atoms. The lowest BCUT2D eigenvalue weighted by Gasteiger charge is -2.30. The summed E-state index contributed by atoms with van der Waals surface area (Å²) >= 11 is 0. The van der Waals surface area contributed by atoms with E-state index in [1.165, 1.54) is 5.56 Å². The predicted molar refractivity (Wildman–Crippen MR) is 137 cm³/mol. The van der Waals surface area contributed by atoms with Crippen LogP contribution >= 0.6 is 8.60 Å². The molecule has 0 fully saturated rings. The molecule has 0 saturated carbocycles. The van der Waals surface area contributed by atoms with E-state index in [9.17, 15) is 5.11 Å². The Balaban J connectivity index is 0.000000709. The standard InChI is InChI=1S/C28H26O.H3O3P/c1-28(2,3)27-23(20-13-7-4-8-14-20)19-24(29)25(21-15-9-5-10-16-21)26(27)22-17-11-6-12-18-22;1-4(2)3/h4-19,29H,1-3H3;1-3H. The molecule has 170 valence electrons.